The number of benzene rings is 1. The first-order chi connectivity index (χ1) is 9.33. The molecule has 3 rings (SSSR count). The molecule has 1 aliphatic heterocycles. The molecule has 108 valence electrons. The van der Waals surface area contributed by atoms with Crippen molar-refractivity contribution in [3.8, 4) is 5.69 Å². The third kappa shape index (κ3) is 3.39. The smallest absolute Gasteiger partial charge is 0.127 e. The molecule has 2 heterocycles. The summed E-state index contributed by atoms with van der Waals surface area (Å²) >= 11 is 0. The number of hydrogen-bond acceptors (Lipinski definition) is 3. The maximum absolute atomic E-state index is 5.94. The van der Waals surface area contributed by atoms with Gasteiger partial charge in [-0.25, -0.2) is 4.98 Å². The van der Waals surface area contributed by atoms with Crippen molar-refractivity contribution in [2.75, 3.05) is 13.1 Å². The van der Waals surface area contributed by atoms with E-state index in [4.69, 9.17) is 5.73 Å². The molecule has 0 spiro atoms. The van der Waals surface area contributed by atoms with Crippen LogP contribution in [-0.4, -0.2) is 33.6 Å². The number of nitrogens with two attached hydrogens (primary N) is 1. The van der Waals surface area contributed by atoms with E-state index in [0.717, 1.165) is 38.3 Å². The second-order valence-electron chi connectivity index (χ2n) is 5.16. The summed E-state index contributed by atoms with van der Waals surface area (Å²) < 4.78 is 2.16. The van der Waals surface area contributed by atoms with Crippen LogP contribution in [-0.2, 0) is 6.54 Å². The Morgan fingerprint density at radius 1 is 1.15 bits per heavy atom. The minimum Gasteiger partial charge on any atom is -0.328 e. The maximum atomic E-state index is 5.94. The van der Waals surface area contributed by atoms with Gasteiger partial charge in [-0.3, -0.25) is 4.90 Å². The van der Waals surface area contributed by atoms with Gasteiger partial charge in [-0.1, -0.05) is 18.2 Å². The summed E-state index contributed by atoms with van der Waals surface area (Å²) in [5, 5.41) is 0. The molecule has 1 aromatic carbocycles. The van der Waals surface area contributed by atoms with Crippen molar-refractivity contribution in [2.45, 2.75) is 25.4 Å². The number of hydrogen-bond donors (Lipinski definition) is 1. The van der Waals surface area contributed by atoms with Gasteiger partial charge in [0.05, 0.1) is 6.54 Å². The van der Waals surface area contributed by atoms with E-state index < -0.39 is 0 Å². The maximum Gasteiger partial charge on any atom is 0.127 e. The average molecular weight is 293 g/mol. The predicted octanol–water partition coefficient (Wildman–Crippen LogP) is 2.22. The number of imidazole rings is 1. The van der Waals surface area contributed by atoms with E-state index in [9.17, 15) is 0 Å². The van der Waals surface area contributed by atoms with Crippen LogP contribution in [0.25, 0.3) is 5.69 Å². The van der Waals surface area contributed by atoms with Gasteiger partial charge in [-0.15, -0.1) is 12.4 Å². The molecule has 1 aromatic heterocycles. The fourth-order valence-corrected chi connectivity index (χ4v) is 2.59. The average Bonchev–Trinajstić information content (AvgIpc) is 2.90. The SMILES string of the molecule is Cl.NC1CCN(Cc2nccn2-c2ccccc2)CC1. The Labute approximate surface area is 126 Å². The van der Waals surface area contributed by atoms with E-state index in [2.05, 4.69) is 38.7 Å². The molecule has 2 aromatic rings. The molecule has 0 unspecified atom stereocenters. The number of piperidine rings is 1. The van der Waals surface area contributed by atoms with Crippen LogP contribution in [0.1, 0.15) is 18.7 Å². The van der Waals surface area contributed by atoms with Crippen LogP contribution >= 0.6 is 12.4 Å². The monoisotopic (exact) mass is 292 g/mol. The highest BCUT2D eigenvalue weighted by Crippen LogP contribution is 2.15. The van der Waals surface area contributed by atoms with E-state index in [1.165, 1.54) is 5.69 Å². The minimum atomic E-state index is 0. The number of para-hydroxylation sites is 1. The molecule has 0 atom stereocenters. The second kappa shape index (κ2) is 6.88. The van der Waals surface area contributed by atoms with E-state index in [0.29, 0.717) is 6.04 Å². The highest BCUT2D eigenvalue weighted by Gasteiger charge is 2.17. The third-order valence-electron chi connectivity index (χ3n) is 3.75. The van der Waals surface area contributed by atoms with E-state index in [1.54, 1.807) is 0 Å². The predicted molar refractivity (Wildman–Crippen MR) is 83.3 cm³/mol. The fraction of sp³-hybridized carbons (Fsp3) is 0.400. The van der Waals surface area contributed by atoms with Crippen LogP contribution in [0, 0.1) is 0 Å². The van der Waals surface area contributed by atoms with Gasteiger partial charge < -0.3 is 10.3 Å². The number of halogens is 1. The van der Waals surface area contributed by atoms with Crippen LogP contribution < -0.4 is 5.73 Å². The zero-order valence-electron chi connectivity index (χ0n) is 11.5. The third-order valence-corrected chi connectivity index (χ3v) is 3.75. The minimum absolute atomic E-state index is 0. The van der Waals surface area contributed by atoms with Gasteiger partial charge in [0.15, 0.2) is 0 Å². The van der Waals surface area contributed by atoms with Crippen molar-refractivity contribution in [2.24, 2.45) is 5.73 Å². The first-order valence-electron chi connectivity index (χ1n) is 6.88. The molecule has 0 amide bonds. The summed E-state index contributed by atoms with van der Waals surface area (Å²) in [5.41, 5.74) is 7.11. The summed E-state index contributed by atoms with van der Waals surface area (Å²) in [4.78, 5) is 6.93. The van der Waals surface area contributed by atoms with Crippen LogP contribution in [0.2, 0.25) is 0 Å². The Morgan fingerprint density at radius 2 is 1.85 bits per heavy atom. The molecule has 1 aliphatic rings. The van der Waals surface area contributed by atoms with Gasteiger partial charge in [-0.05, 0) is 25.0 Å². The van der Waals surface area contributed by atoms with E-state index in [-0.39, 0.29) is 12.4 Å². The molecular formula is C15H21ClN4. The number of rotatable bonds is 3. The highest BCUT2D eigenvalue weighted by atomic mass is 35.5. The summed E-state index contributed by atoms with van der Waals surface area (Å²) in [6, 6.07) is 10.7. The highest BCUT2D eigenvalue weighted by molar-refractivity contribution is 5.85. The van der Waals surface area contributed by atoms with Crippen molar-refractivity contribution in [1.82, 2.24) is 14.5 Å². The first kappa shape index (κ1) is 15.0. The van der Waals surface area contributed by atoms with Crippen LogP contribution in [0.15, 0.2) is 42.7 Å². The molecule has 2 N–H and O–H groups in total. The van der Waals surface area contributed by atoms with Crippen molar-refractivity contribution in [3.05, 3.63) is 48.5 Å². The lowest BCUT2D eigenvalue weighted by atomic mass is 10.1. The van der Waals surface area contributed by atoms with Crippen molar-refractivity contribution >= 4 is 12.4 Å². The fourth-order valence-electron chi connectivity index (χ4n) is 2.59. The van der Waals surface area contributed by atoms with E-state index in [1.807, 2.05) is 18.5 Å². The molecule has 0 bridgehead atoms. The summed E-state index contributed by atoms with van der Waals surface area (Å²) in [6.07, 6.45) is 6.08. The molecular weight excluding hydrogens is 272 g/mol. The Kier molecular flexibility index (Phi) is 5.17. The number of likely N-dealkylation sites (tertiary alicyclic amines) is 1. The zero-order chi connectivity index (χ0) is 13.1. The Balaban J connectivity index is 0.00000147. The molecule has 5 heteroatoms. The van der Waals surface area contributed by atoms with Crippen molar-refractivity contribution < 1.29 is 0 Å². The Bertz CT molecular complexity index is 518. The van der Waals surface area contributed by atoms with Crippen LogP contribution in [0.5, 0.6) is 0 Å². The number of aromatic nitrogens is 2. The standard InChI is InChI=1S/C15H20N4.ClH/c16-13-6-9-18(10-7-13)12-15-17-8-11-19(15)14-4-2-1-3-5-14;/h1-5,8,11,13H,6-7,9-10,12,16H2;1H. The van der Waals surface area contributed by atoms with Gasteiger partial charge >= 0.3 is 0 Å². The van der Waals surface area contributed by atoms with Gasteiger partial charge in [0, 0.05) is 37.2 Å². The molecule has 0 aliphatic carbocycles. The number of nitrogens with zero attached hydrogens (tertiary/aromatic N) is 3. The quantitative estimate of drug-likeness (QED) is 0.943. The van der Waals surface area contributed by atoms with Gasteiger partial charge in [0.1, 0.15) is 5.82 Å². The van der Waals surface area contributed by atoms with Crippen LogP contribution in [0.3, 0.4) is 0 Å². The van der Waals surface area contributed by atoms with Crippen LogP contribution in [0.4, 0.5) is 0 Å². The lowest BCUT2D eigenvalue weighted by Gasteiger charge is -2.29. The normalized spacial score (nSPS) is 16.9. The Morgan fingerprint density at radius 3 is 2.55 bits per heavy atom. The molecule has 20 heavy (non-hydrogen) atoms. The molecule has 1 fully saturated rings. The summed E-state index contributed by atoms with van der Waals surface area (Å²) in [5.74, 6) is 1.10. The van der Waals surface area contributed by atoms with Crippen molar-refractivity contribution in [3.63, 3.8) is 0 Å². The molecule has 0 radical (unpaired) electrons. The molecule has 4 nitrogen and oxygen atoms in total. The molecule has 1 saturated heterocycles. The zero-order valence-corrected chi connectivity index (χ0v) is 12.3. The second-order valence-corrected chi connectivity index (χ2v) is 5.16. The topological polar surface area (TPSA) is 47.1 Å². The molecule has 0 saturated carbocycles. The van der Waals surface area contributed by atoms with Crippen molar-refractivity contribution in [1.29, 1.82) is 0 Å². The largest absolute Gasteiger partial charge is 0.328 e. The summed E-state index contributed by atoms with van der Waals surface area (Å²) in [7, 11) is 0. The summed E-state index contributed by atoms with van der Waals surface area (Å²) in [6.45, 7) is 3.04. The van der Waals surface area contributed by atoms with Gasteiger partial charge in [0.2, 0.25) is 0 Å². The lowest BCUT2D eigenvalue weighted by molar-refractivity contribution is 0.200. The first-order valence-corrected chi connectivity index (χ1v) is 6.88. The van der Waals surface area contributed by atoms with E-state index >= 15 is 0 Å². The Hall–Kier alpha value is -1.36. The van der Waals surface area contributed by atoms with Gasteiger partial charge in [0.25, 0.3) is 0 Å². The van der Waals surface area contributed by atoms with Gasteiger partial charge in [-0.2, -0.15) is 0 Å². The lowest BCUT2D eigenvalue weighted by Crippen LogP contribution is -2.39.